The summed E-state index contributed by atoms with van der Waals surface area (Å²) in [6.45, 7) is 4.68. The molecule has 0 radical (unpaired) electrons. The summed E-state index contributed by atoms with van der Waals surface area (Å²) in [5.74, 6) is 0.806. The van der Waals surface area contributed by atoms with Crippen LogP contribution < -0.4 is 5.32 Å². The van der Waals surface area contributed by atoms with Gasteiger partial charge in [-0.25, -0.2) is 0 Å². The van der Waals surface area contributed by atoms with Crippen LogP contribution in [-0.2, 0) is 17.9 Å². The van der Waals surface area contributed by atoms with Crippen molar-refractivity contribution in [3.63, 3.8) is 0 Å². The van der Waals surface area contributed by atoms with E-state index in [1.807, 2.05) is 54.0 Å². The summed E-state index contributed by atoms with van der Waals surface area (Å²) in [5, 5.41) is 3.30. The Bertz CT molecular complexity index is 1140. The van der Waals surface area contributed by atoms with Gasteiger partial charge in [0.1, 0.15) is 17.0 Å². The maximum absolute atomic E-state index is 13.8. The smallest absolute Gasteiger partial charge is 0.271 e. The highest BCUT2D eigenvalue weighted by Crippen LogP contribution is 2.35. The molecule has 3 unspecified atom stereocenters. The number of furan rings is 1. The second kappa shape index (κ2) is 8.54. The van der Waals surface area contributed by atoms with Gasteiger partial charge in [0.25, 0.3) is 5.91 Å². The number of nitrogens with one attached hydrogen (secondary N) is 1. The molecule has 4 heterocycles. The quantitative estimate of drug-likeness (QED) is 0.635. The SMILES string of the molecule is CC1CCCCC1NC(=O)C1(C)Cn2c(ccc2-c2ccco2)C(=O)N1Cc1ccccn1. The van der Waals surface area contributed by atoms with Crippen LogP contribution in [0.4, 0.5) is 0 Å². The highest BCUT2D eigenvalue weighted by molar-refractivity contribution is 6.00. The Balaban J connectivity index is 1.53. The van der Waals surface area contributed by atoms with Gasteiger partial charge in [-0.05, 0) is 62.1 Å². The number of nitrogens with zero attached hydrogens (tertiary/aromatic N) is 3. The number of hydrogen-bond acceptors (Lipinski definition) is 4. The van der Waals surface area contributed by atoms with Crippen molar-refractivity contribution in [2.75, 3.05) is 0 Å². The molecule has 3 aromatic heterocycles. The number of hydrogen-bond donors (Lipinski definition) is 1. The first-order valence-corrected chi connectivity index (χ1v) is 11.7. The molecule has 0 spiro atoms. The van der Waals surface area contributed by atoms with Crippen molar-refractivity contribution in [1.82, 2.24) is 19.8 Å². The highest BCUT2D eigenvalue weighted by atomic mass is 16.3. The fraction of sp³-hybridized carbons (Fsp3) is 0.423. The molecule has 172 valence electrons. The Labute approximate surface area is 193 Å². The summed E-state index contributed by atoms with van der Waals surface area (Å²) >= 11 is 0. The van der Waals surface area contributed by atoms with Gasteiger partial charge in [0.15, 0.2) is 0 Å². The number of pyridine rings is 1. The first kappa shape index (κ1) is 21.5. The summed E-state index contributed by atoms with van der Waals surface area (Å²) in [6, 6.07) is 13.2. The molecule has 2 amide bonds. The van der Waals surface area contributed by atoms with Gasteiger partial charge in [0.2, 0.25) is 5.91 Å². The minimum Gasteiger partial charge on any atom is -0.463 e. The molecule has 2 aliphatic rings. The van der Waals surface area contributed by atoms with E-state index in [-0.39, 0.29) is 24.4 Å². The molecule has 1 aliphatic carbocycles. The second-order valence-electron chi connectivity index (χ2n) is 9.50. The lowest BCUT2D eigenvalue weighted by Crippen LogP contribution is -2.65. The van der Waals surface area contributed by atoms with Gasteiger partial charge >= 0.3 is 0 Å². The lowest BCUT2D eigenvalue weighted by molar-refractivity contribution is -0.134. The van der Waals surface area contributed by atoms with Gasteiger partial charge in [-0.2, -0.15) is 0 Å². The molecule has 5 rings (SSSR count). The van der Waals surface area contributed by atoms with Crippen LogP contribution in [0.3, 0.4) is 0 Å². The molecule has 1 saturated carbocycles. The normalized spacial score (nSPS) is 25.0. The fourth-order valence-electron chi connectivity index (χ4n) is 5.17. The average Bonchev–Trinajstić information content (AvgIpc) is 3.49. The topological polar surface area (TPSA) is 80.4 Å². The van der Waals surface area contributed by atoms with E-state index in [9.17, 15) is 9.59 Å². The van der Waals surface area contributed by atoms with Gasteiger partial charge in [-0.1, -0.05) is 25.8 Å². The van der Waals surface area contributed by atoms with Crippen LogP contribution in [0, 0.1) is 5.92 Å². The van der Waals surface area contributed by atoms with Crippen LogP contribution in [0.1, 0.15) is 55.7 Å². The van der Waals surface area contributed by atoms with E-state index in [1.54, 1.807) is 17.4 Å². The van der Waals surface area contributed by atoms with E-state index in [0.29, 0.717) is 23.9 Å². The summed E-state index contributed by atoms with van der Waals surface area (Å²) in [7, 11) is 0. The van der Waals surface area contributed by atoms with E-state index < -0.39 is 5.54 Å². The Morgan fingerprint density at radius 1 is 1.15 bits per heavy atom. The summed E-state index contributed by atoms with van der Waals surface area (Å²) in [4.78, 5) is 33.7. The van der Waals surface area contributed by atoms with Crippen molar-refractivity contribution < 1.29 is 14.0 Å². The van der Waals surface area contributed by atoms with Gasteiger partial charge in [0, 0.05) is 12.2 Å². The standard InChI is InChI=1S/C26H30N4O3/c1-18-8-3-4-10-20(18)28-25(32)26(2)17-29-21(23-11-7-15-33-23)12-13-22(29)24(31)30(26)16-19-9-5-6-14-27-19/h5-7,9,11-15,18,20H,3-4,8,10,16-17H2,1-2H3,(H,28,32). The number of rotatable bonds is 5. The van der Waals surface area contributed by atoms with Crippen LogP contribution in [0.2, 0.25) is 0 Å². The molecule has 3 atom stereocenters. The van der Waals surface area contributed by atoms with Gasteiger partial charge < -0.3 is 19.2 Å². The number of carbonyl (C=O) groups excluding carboxylic acids is 2. The third-order valence-electron chi connectivity index (χ3n) is 7.24. The van der Waals surface area contributed by atoms with Crippen molar-refractivity contribution in [2.45, 2.75) is 64.2 Å². The van der Waals surface area contributed by atoms with E-state index in [2.05, 4.69) is 17.2 Å². The zero-order valence-electron chi connectivity index (χ0n) is 19.2. The largest absolute Gasteiger partial charge is 0.463 e. The molecule has 0 saturated heterocycles. The Hall–Kier alpha value is -3.35. The second-order valence-corrected chi connectivity index (χ2v) is 9.50. The molecule has 1 N–H and O–H groups in total. The minimum absolute atomic E-state index is 0.115. The zero-order chi connectivity index (χ0) is 23.0. The summed E-state index contributed by atoms with van der Waals surface area (Å²) in [5.41, 5.74) is 1.03. The third kappa shape index (κ3) is 3.86. The predicted octanol–water partition coefficient (Wildman–Crippen LogP) is 4.25. The van der Waals surface area contributed by atoms with Crippen LogP contribution >= 0.6 is 0 Å². The van der Waals surface area contributed by atoms with Crippen LogP contribution in [0.25, 0.3) is 11.5 Å². The zero-order valence-corrected chi connectivity index (χ0v) is 19.2. The number of amides is 2. The van der Waals surface area contributed by atoms with Gasteiger partial charge in [0.05, 0.1) is 30.7 Å². The number of carbonyl (C=O) groups is 2. The Morgan fingerprint density at radius 3 is 2.70 bits per heavy atom. The summed E-state index contributed by atoms with van der Waals surface area (Å²) in [6.07, 6.45) is 7.74. The summed E-state index contributed by atoms with van der Waals surface area (Å²) < 4.78 is 7.53. The molecule has 1 fully saturated rings. The van der Waals surface area contributed by atoms with E-state index in [4.69, 9.17) is 4.42 Å². The van der Waals surface area contributed by atoms with Gasteiger partial charge in [-0.3, -0.25) is 14.6 Å². The Morgan fingerprint density at radius 2 is 1.97 bits per heavy atom. The Kier molecular flexibility index (Phi) is 5.56. The lowest BCUT2D eigenvalue weighted by Gasteiger charge is -2.45. The van der Waals surface area contributed by atoms with Crippen molar-refractivity contribution in [3.8, 4) is 11.5 Å². The van der Waals surface area contributed by atoms with E-state index in [1.165, 1.54) is 6.42 Å². The maximum Gasteiger partial charge on any atom is 0.271 e. The number of aromatic nitrogens is 2. The molecule has 7 heteroatoms. The van der Waals surface area contributed by atoms with Crippen LogP contribution in [0.5, 0.6) is 0 Å². The molecule has 0 bridgehead atoms. The van der Waals surface area contributed by atoms with E-state index in [0.717, 1.165) is 30.7 Å². The van der Waals surface area contributed by atoms with Crippen molar-refractivity contribution in [1.29, 1.82) is 0 Å². The fourth-order valence-corrected chi connectivity index (χ4v) is 5.17. The molecular formula is C26H30N4O3. The highest BCUT2D eigenvalue weighted by Gasteiger charge is 2.48. The lowest BCUT2D eigenvalue weighted by atomic mass is 9.85. The molecule has 7 nitrogen and oxygen atoms in total. The van der Waals surface area contributed by atoms with Crippen molar-refractivity contribution in [2.24, 2.45) is 5.92 Å². The van der Waals surface area contributed by atoms with Crippen LogP contribution in [0.15, 0.2) is 59.3 Å². The predicted molar refractivity (Wildman–Crippen MR) is 124 cm³/mol. The minimum atomic E-state index is -1.07. The molecule has 33 heavy (non-hydrogen) atoms. The first-order chi connectivity index (χ1) is 16.0. The monoisotopic (exact) mass is 446 g/mol. The maximum atomic E-state index is 13.8. The van der Waals surface area contributed by atoms with E-state index >= 15 is 0 Å². The van der Waals surface area contributed by atoms with Crippen molar-refractivity contribution in [3.05, 3.63) is 66.3 Å². The third-order valence-corrected chi connectivity index (χ3v) is 7.24. The molecule has 1 aliphatic heterocycles. The molecule has 3 aromatic rings. The van der Waals surface area contributed by atoms with Gasteiger partial charge in [-0.15, -0.1) is 0 Å². The first-order valence-electron chi connectivity index (χ1n) is 11.7. The van der Waals surface area contributed by atoms with Crippen LogP contribution in [-0.4, -0.2) is 37.8 Å². The van der Waals surface area contributed by atoms with Crippen molar-refractivity contribution >= 4 is 11.8 Å². The molecular weight excluding hydrogens is 416 g/mol. The average molecular weight is 447 g/mol. The number of fused-ring (bicyclic) bond motifs is 1. The molecule has 0 aromatic carbocycles.